The predicted molar refractivity (Wildman–Crippen MR) is 58.8 cm³/mol. The first-order chi connectivity index (χ1) is 6.89. The van der Waals surface area contributed by atoms with E-state index in [1.54, 1.807) is 0 Å². The first kappa shape index (κ1) is 15.0. The van der Waals surface area contributed by atoms with Gasteiger partial charge in [-0.1, -0.05) is 0 Å². The van der Waals surface area contributed by atoms with Crippen molar-refractivity contribution in [3.05, 3.63) is 0 Å². The normalized spacial score (nSPS) is 14.9. The van der Waals surface area contributed by atoms with E-state index in [0.29, 0.717) is 26.2 Å². The van der Waals surface area contributed by atoms with Gasteiger partial charge >= 0.3 is 0 Å². The molecule has 15 heavy (non-hydrogen) atoms. The van der Waals surface area contributed by atoms with Crippen LogP contribution in [-0.4, -0.2) is 55.1 Å². The van der Waals surface area contributed by atoms with Gasteiger partial charge in [-0.2, -0.15) is 5.06 Å². The Labute approximate surface area is 94.6 Å². The summed E-state index contributed by atoms with van der Waals surface area (Å²) in [5, 5.41) is 10.7. The molecule has 1 unspecified atom stereocenters. The lowest BCUT2D eigenvalue weighted by atomic mass is 10.3. The molecule has 1 atom stereocenters. The molecule has 6 heteroatoms. The number of hydrogen-bond acceptors (Lipinski definition) is 4. The molecule has 0 saturated carbocycles. The Morgan fingerprint density at radius 2 is 1.87 bits per heavy atom. The minimum atomic E-state index is -2.14. The second kappa shape index (κ2) is 6.55. The second-order valence-electron chi connectivity index (χ2n) is 3.89. The minimum absolute atomic E-state index is 0.00375. The van der Waals surface area contributed by atoms with Gasteiger partial charge < -0.3 is 9.76 Å². The zero-order valence-corrected chi connectivity index (χ0v) is 10.8. The molecule has 0 aliphatic heterocycles. The van der Waals surface area contributed by atoms with Crippen molar-refractivity contribution in [3.63, 3.8) is 0 Å². The van der Waals surface area contributed by atoms with Gasteiger partial charge in [0, 0.05) is 6.04 Å². The molecule has 1 N–H and O–H groups in total. The van der Waals surface area contributed by atoms with Gasteiger partial charge in [-0.05, 0) is 27.7 Å². The maximum atomic E-state index is 11.1. The Morgan fingerprint density at radius 3 is 2.13 bits per heavy atom. The Hall–Kier alpha value is -0.0100. The van der Waals surface area contributed by atoms with Crippen LogP contribution in [0.2, 0.25) is 0 Å². The zero-order chi connectivity index (χ0) is 12.1. The fourth-order valence-electron chi connectivity index (χ4n) is 1.37. The van der Waals surface area contributed by atoms with Gasteiger partial charge in [0.2, 0.25) is 0 Å². The summed E-state index contributed by atoms with van der Waals surface area (Å²) in [6.45, 7) is 9.25. The molecule has 0 bridgehead atoms. The van der Waals surface area contributed by atoms with Gasteiger partial charge in [-0.3, -0.25) is 0 Å². The quantitative estimate of drug-likeness (QED) is 0.403. The van der Waals surface area contributed by atoms with Crippen molar-refractivity contribution in [1.82, 2.24) is 5.06 Å². The van der Waals surface area contributed by atoms with Gasteiger partial charge in [0.1, 0.15) is 17.8 Å². The van der Waals surface area contributed by atoms with E-state index in [0.717, 1.165) is 0 Å². The highest BCUT2D eigenvalue weighted by Crippen LogP contribution is 2.10. The van der Waals surface area contributed by atoms with Crippen molar-refractivity contribution < 1.29 is 17.9 Å². The van der Waals surface area contributed by atoms with E-state index in [1.807, 2.05) is 27.7 Å². The fraction of sp³-hybridized carbons (Fsp3) is 1.00. The van der Waals surface area contributed by atoms with Crippen molar-refractivity contribution >= 4 is 11.3 Å². The number of hydroxylamine groups is 2. The second-order valence-corrected chi connectivity index (χ2v) is 5.10. The summed E-state index contributed by atoms with van der Waals surface area (Å²) in [7, 11) is 0. The summed E-state index contributed by atoms with van der Waals surface area (Å²) in [5.41, 5.74) is 0. The average molecular weight is 238 g/mol. The molecule has 0 spiro atoms. The summed E-state index contributed by atoms with van der Waals surface area (Å²) in [5.74, 6) is 0. The molecule has 0 saturated heterocycles. The van der Waals surface area contributed by atoms with Crippen LogP contribution >= 0.6 is 0 Å². The minimum Gasteiger partial charge on any atom is -0.724 e. The molecule has 92 valence electrons. The summed E-state index contributed by atoms with van der Waals surface area (Å²) in [6, 6.07) is 0.0145. The van der Waals surface area contributed by atoms with Crippen molar-refractivity contribution in [1.29, 1.82) is 0 Å². The van der Waals surface area contributed by atoms with E-state index in [2.05, 4.69) is 0 Å². The van der Waals surface area contributed by atoms with E-state index < -0.39 is 11.3 Å². The van der Waals surface area contributed by atoms with Crippen LogP contribution in [0.25, 0.3) is 0 Å². The highest BCUT2D eigenvalue weighted by Gasteiger charge is 2.26. The molecular weight excluding hydrogens is 216 g/mol. The highest BCUT2D eigenvalue weighted by molar-refractivity contribution is 7.73. The first-order valence-corrected chi connectivity index (χ1v) is 6.34. The maximum absolute atomic E-state index is 11.1. The summed E-state index contributed by atoms with van der Waals surface area (Å²) < 4.78 is 22.3. The lowest BCUT2D eigenvalue weighted by Gasteiger charge is -2.37. The van der Waals surface area contributed by atoms with Crippen LogP contribution in [0.15, 0.2) is 0 Å². The van der Waals surface area contributed by atoms with Crippen LogP contribution in [0, 0.1) is 0 Å². The van der Waals surface area contributed by atoms with Crippen LogP contribution < -0.4 is 0 Å². The van der Waals surface area contributed by atoms with E-state index in [1.165, 1.54) is 5.06 Å². The molecule has 0 aromatic carbocycles. The smallest absolute Gasteiger partial charge is 0.148 e. The predicted octanol–water partition coefficient (Wildman–Crippen LogP) is 0.737. The Morgan fingerprint density at radius 1 is 1.40 bits per heavy atom. The summed E-state index contributed by atoms with van der Waals surface area (Å²) in [6.07, 6.45) is 0. The van der Waals surface area contributed by atoms with Gasteiger partial charge in [0.05, 0.1) is 19.6 Å². The van der Waals surface area contributed by atoms with Crippen LogP contribution in [0.5, 0.6) is 0 Å². The molecule has 0 amide bonds. The molecule has 0 aromatic rings. The number of nitrogens with zero attached hydrogens (tertiary/aromatic N) is 2. The van der Waals surface area contributed by atoms with E-state index >= 15 is 0 Å². The lowest BCUT2D eigenvalue weighted by Crippen LogP contribution is -2.52. The molecular formula is C9H22N2O3S. The zero-order valence-electron chi connectivity index (χ0n) is 9.97. The van der Waals surface area contributed by atoms with Gasteiger partial charge in [0.25, 0.3) is 0 Å². The van der Waals surface area contributed by atoms with Crippen molar-refractivity contribution in [2.75, 3.05) is 26.2 Å². The van der Waals surface area contributed by atoms with Gasteiger partial charge in [0.15, 0.2) is 0 Å². The van der Waals surface area contributed by atoms with Crippen molar-refractivity contribution in [3.8, 4) is 0 Å². The third-order valence-electron chi connectivity index (χ3n) is 2.80. The molecule has 0 aliphatic carbocycles. The average Bonchev–Trinajstić information content (AvgIpc) is 2.19. The third kappa shape index (κ3) is 4.16. The standard InChI is InChI=1S/C9H22N2O3S/c1-5-11(6-2,15(13)14)8-7-10(12)9(3)4/h9,12H,5-8H2,1-4H3. The number of rotatable bonds is 7. The number of hydrogen-bond donors (Lipinski definition) is 1. The number of quaternary nitrogens is 1. The Balaban J connectivity index is 4.37. The molecule has 5 nitrogen and oxygen atoms in total. The van der Waals surface area contributed by atoms with E-state index in [-0.39, 0.29) is 9.93 Å². The van der Waals surface area contributed by atoms with Crippen molar-refractivity contribution in [2.45, 2.75) is 33.7 Å². The van der Waals surface area contributed by atoms with Crippen LogP contribution in [0.1, 0.15) is 27.7 Å². The van der Waals surface area contributed by atoms with Gasteiger partial charge in [-0.15, -0.1) is 0 Å². The molecule has 0 rings (SSSR count). The topological polar surface area (TPSA) is 63.6 Å². The van der Waals surface area contributed by atoms with E-state index in [4.69, 9.17) is 0 Å². The third-order valence-corrected chi connectivity index (χ3v) is 4.13. The molecule has 0 radical (unpaired) electrons. The maximum Gasteiger partial charge on any atom is 0.148 e. The molecule has 0 aromatic heterocycles. The lowest BCUT2D eigenvalue weighted by molar-refractivity contribution is -0.803. The fourth-order valence-corrected chi connectivity index (χ4v) is 2.02. The van der Waals surface area contributed by atoms with Crippen LogP contribution in [0.4, 0.5) is 0 Å². The highest BCUT2D eigenvalue weighted by atomic mass is 32.2. The SMILES string of the molecule is CC[N+](CC)(CCN(O)C(C)C)S(=O)[O-]. The molecule has 0 heterocycles. The Bertz CT molecular complexity index is 208. The molecule has 0 fully saturated rings. The summed E-state index contributed by atoms with van der Waals surface area (Å²) in [4.78, 5) is 0. The molecule has 0 aliphatic rings. The van der Waals surface area contributed by atoms with Crippen LogP contribution in [-0.2, 0) is 11.3 Å². The Kier molecular flexibility index (Phi) is 6.54. The largest absolute Gasteiger partial charge is 0.724 e. The first-order valence-electron chi connectivity index (χ1n) is 5.31. The van der Waals surface area contributed by atoms with Gasteiger partial charge in [-0.25, -0.2) is 8.10 Å². The monoisotopic (exact) mass is 238 g/mol. The van der Waals surface area contributed by atoms with E-state index in [9.17, 15) is 14.0 Å². The summed E-state index contributed by atoms with van der Waals surface area (Å²) >= 11 is -2.14. The number of likely N-dealkylation sites (N-methyl/N-ethyl adjacent to an activating group) is 1. The van der Waals surface area contributed by atoms with Crippen molar-refractivity contribution in [2.24, 2.45) is 0 Å². The van der Waals surface area contributed by atoms with Crippen LogP contribution in [0.3, 0.4) is 0 Å².